The first-order chi connectivity index (χ1) is 9.56. The number of carbonyl (C=O) groups is 1. The van der Waals surface area contributed by atoms with Crippen molar-refractivity contribution in [2.75, 3.05) is 5.73 Å². The number of pyridine rings is 1. The number of hydrogen-bond donors (Lipinski definition) is 2. The molecule has 0 aliphatic rings. The average Bonchev–Trinajstić information content (AvgIpc) is 2.76. The van der Waals surface area contributed by atoms with Crippen molar-refractivity contribution in [3.63, 3.8) is 0 Å². The number of carboxylic acids is 1. The van der Waals surface area contributed by atoms with Gasteiger partial charge < -0.3 is 10.8 Å². The van der Waals surface area contributed by atoms with Crippen LogP contribution < -0.4 is 5.73 Å². The Hall–Kier alpha value is -2.89. The van der Waals surface area contributed by atoms with Crippen LogP contribution in [0.3, 0.4) is 0 Å². The van der Waals surface area contributed by atoms with Crippen molar-refractivity contribution >= 4 is 22.7 Å². The van der Waals surface area contributed by atoms with Crippen LogP contribution in [0.4, 0.5) is 5.82 Å². The quantitative estimate of drug-likeness (QED) is 0.740. The van der Waals surface area contributed by atoms with Crippen LogP contribution >= 0.6 is 0 Å². The third-order valence-electron chi connectivity index (χ3n) is 3.16. The highest BCUT2D eigenvalue weighted by Crippen LogP contribution is 2.28. The van der Waals surface area contributed by atoms with Crippen molar-refractivity contribution in [1.29, 1.82) is 0 Å². The van der Waals surface area contributed by atoms with E-state index in [1.54, 1.807) is 35.1 Å². The van der Waals surface area contributed by atoms with E-state index in [-0.39, 0.29) is 5.56 Å². The van der Waals surface area contributed by atoms with Crippen LogP contribution in [-0.2, 0) is 7.05 Å². The van der Waals surface area contributed by atoms with Crippen LogP contribution in [0.25, 0.3) is 22.2 Å². The molecule has 3 N–H and O–H groups in total. The Kier molecular flexibility index (Phi) is 2.64. The minimum absolute atomic E-state index is 0.232. The highest BCUT2D eigenvalue weighted by molar-refractivity contribution is 5.99. The largest absolute Gasteiger partial charge is 0.478 e. The van der Waals surface area contributed by atoms with E-state index in [1.165, 1.54) is 0 Å². The molecule has 0 aliphatic carbocycles. The van der Waals surface area contributed by atoms with Gasteiger partial charge in [-0.1, -0.05) is 0 Å². The van der Waals surface area contributed by atoms with Crippen molar-refractivity contribution in [1.82, 2.24) is 14.8 Å². The molecule has 20 heavy (non-hydrogen) atoms. The molecule has 3 aromatic rings. The minimum atomic E-state index is -0.961. The average molecular weight is 268 g/mol. The number of anilines is 1. The molecule has 0 atom stereocenters. The molecule has 0 saturated carbocycles. The molecule has 0 fully saturated rings. The van der Waals surface area contributed by atoms with Gasteiger partial charge in [-0.2, -0.15) is 5.10 Å². The number of nitrogens with zero attached hydrogens (tertiary/aromatic N) is 3. The van der Waals surface area contributed by atoms with Gasteiger partial charge in [-0.3, -0.25) is 4.68 Å². The highest BCUT2D eigenvalue weighted by atomic mass is 16.4. The molecule has 0 unspecified atom stereocenters. The Morgan fingerprint density at radius 2 is 2.10 bits per heavy atom. The smallest absolute Gasteiger partial charge is 0.335 e. The lowest BCUT2D eigenvalue weighted by molar-refractivity contribution is 0.0697. The van der Waals surface area contributed by atoms with Gasteiger partial charge in [0.25, 0.3) is 0 Å². The summed E-state index contributed by atoms with van der Waals surface area (Å²) in [6, 6.07) is 8.45. The van der Waals surface area contributed by atoms with Crippen LogP contribution in [0.2, 0.25) is 0 Å². The monoisotopic (exact) mass is 268 g/mol. The fourth-order valence-corrected chi connectivity index (χ4v) is 2.16. The third kappa shape index (κ3) is 1.87. The summed E-state index contributed by atoms with van der Waals surface area (Å²) in [5.74, 6) is -0.530. The molecule has 0 spiro atoms. The van der Waals surface area contributed by atoms with Gasteiger partial charge in [0, 0.05) is 24.2 Å². The summed E-state index contributed by atoms with van der Waals surface area (Å²) in [5.41, 5.74) is 8.16. The predicted molar refractivity (Wildman–Crippen MR) is 75.3 cm³/mol. The number of hydrogen-bond acceptors (Lipinski definition) is 4. The highest BCUT2D eigenvalue weighted by Gasteiger charge is 2.13. The molecule has 0 radical (unpaired) electrons. The van der Waals surface area contributed by atoms with E-state index in [2.05, 4.69) is 10.1 Å². The molecule has 0 aliphatic heterocycles. The number of fused-ring (bicyclic) bond motifs is 1. The zero-order valence-electron chi connectivity index (χ0n) is 10.7. The molecule has 0 amide bonds. The van der Waals surface area contributed by atoms with E-state index < -0.39 is 5.97 Å². The summed E-state index contributed by atoms with van der Waals surface area (Å²) in [6.45, 7) is 0. The maximum Gasteiger partial charge on any atom is 0.335 e. The molecule has 100 valence electrons. The number of benzene rings is 1. The summed E-state index contributed by atoms with van der Waals surface area (Å²) < 4.78 is 1.71. The summed E-state index contributed by atoms with van der Waals surface area (Å²) in [5, 5.41) is 14.3. The SMILES string of the molecule is Cn1nc(-c2ccc(N)nc2)c2cc(C(=O)O)ccc21. The lowest BCUT2D eigenvalue weighted by Crippen LogP contribution is -1.95. The number of carboxylic acid groups (broad SMARTS) is 1. The second kappa shape index (κ2) is 4.34. The van der Waals surface area contributed by atoms with Gasteiger partial charge in [-0.05, 0) is 30.3 Å². The molecule has 3 rings (SSSR count). The maximum absolute atomic E-state index is 11.1. The Morgan fingerprint density at radius 1 is 1.30 bits per heavy atom. The molecule has 2 aromatic heterocycles. The van der Waals surface area contributed by atoms with Gasteiger partial charge >= 0.3 is 5.97 Å². The fraction of sp³-hybridized carbons (Fsp3) is 0.0714. The molecule has 0 saturated heterocycles. The Bertz CT molecular complexity index is 806. The van der Waals surface area contributed by atoms with Gasteiger partial charge in [0.15, 0.2) is 0 Å². The number of aromatic nitrogens is 3. The lowest BCUT2D eigenvalue weighted by Gasteiger charge is -1.99. The van der Waals surface area contributed by atoms with E-state index >= 15 is 0 Å². The normalized spacial score (nSPS) is 10.8. The third-order valence-corrected chi connectivity index (χ3v) is 3.16. The first-order valence-corrected chi connectivity index (χ1v) is 5.98. The fourth-order valence-electron chi connectivity index (χ4n) is 2.16. The molecular weight excluding hydrogens is 256 g/mol. The zero-order chi connectivity index (χ0) is 14.3. The second-order valence-electron chi connectivity index (χ2n) is 4.48. The first-order valence-electron chi connectivity index (χ1n) is 5.98. The molecular formula is C14H12N4O2. The summed E-state index contributed by atoms with van der Waals surface area (Å²) >= 11 is 0. The molecule has 6 nitrogen and oxygen atoms in total. The van der Waals surface area contributed by atoms with Crippen molar-refractivity contribution in [3.8, 4) is 11.3 Å². The maximum atomic E-state index is 11.1. The van der Waals surface area contributed by atoms with Crippen molar-refractivity contribution in [2.24, 2.45) is 7.05 Å². The first kappa shape index (κ1) is 12.2. The van der Waals surface area contributed by atoms with E-state index in [0.29, 0.717) is 11.5 Å². The molecule has 2 heterocycles. The van der Waals surface area contributed by atoms with E-state index in [4.69, 9.17) is 10.8 Å². The van der Waals surface area contributed by atoms with E-state index in [0.717, 1.165) is 16.5 Å². The van der Waals surface area contributed by atoms with Gasteiger partial charge in [0.1, 0.15) is 11.5 Å². The lowest BCUT2D eigenvalue weighted by atomic mass is 10.1. The standard InChI is InChI=1S/C14H12N4O2/c1-18-11-4-2-8(14(19)20)6-10(11)13(17-18)9-3-5-12(15)16-7-9/h2-7H,1H3,(H2,15,16)(H,19,20). The number of aryl methyl sites for hydroxylation is 1. The van der Waals surface area contributed by atoms with Crippen LogP contribution in [0.15, 0.2) is 36.5 Å². The van der Waals surface area contributed by atoms with Crippen LogP contribution in [0.5, 0.6) is 0 Å². The zero-order valence-corrected chi connectivity index (χ0v) is 10.7. The van der Waals surface area contributed by atoms with Crippen LogP contribution in [0.1, 0.15) is 10.4 Å². The topological polar surface area (TPSA) is 94.0 Å². The number of nitrogen functional groups attached to an aromatic ring is 1. The Balaban J connectivity index is 2.27. The van der Waals surface area contributed by atoms with Crippen molar-refractivity contribution in [3.05, 3.63) is 42.1 Å². The number of rotatable bonds is 2. The van der Waals surface area contributed by atoms with Crippen LogP contribution in [0, 0.1) is 0 Å². The Labute approximate surface area is 114 Å². The minimum Gasteiger partial charge on any atom is -0.478 e. The summed E-state index contributed by atoms with van der Waals surface area (Å²) in [7, 11) is 1.82. The van der Waals surface area contributed by atoms with Gasteiger partial charge in [-0.25, -0.2) is 9.78 Å². The van der Waals surface area contributed by atoms with E-state index in [1.807, 2.05) is 13.1 Å². The number of aromatic carboxylic acids is 1. The predicted octanol–water partition coefficient (Wildman–Crippen LogP) is 1.92. The summed E-state index contributed by atoms with van der Waals surface area (Å²) in [4.78, 5) is 15.1. The van der Waals surface area contributed by atoms with Crippen molar-refractivity contribution in [2.45, 2.75) is 0 Å². The molecule has 1 aromatic carbocycles. The van der Waals surface area contributed by atoms with E-state index in [9.17, 15) is 4.79 Å². The summed E-state index contributed by atoms with van der Waals surface area (Å²) in [6.07, 6.45) is 1.63. The van der Waals surface area contributed by atoms with Gasteiger partial charge in [-0.15, -0.1) is 0 Å². The Morgan fingerprint density at radius 3 is 2.75 bits per heavy atom. The van der Waals surface area contributed by atoms with Crippen LogP contribution in [-0.4, -0.2) is 25.8 Å². The van der Waals surface area contributed by atoms with Gasteiger partial charge in [0.05, 0.1) is 11.1 Å². The number of nitrogens with two attached hydrogens (primary N) is 1. The van der Waals surface area contributed by atoms with Crippen molar-refractivity contribution < 1.29 is 9.90 Å². The molecule has 6 heteroatoms. The second-order valence-corrected chi connectivity index (χ2v) is 4.48. The molecule has 0 bridgehead atoms. The van der Waals surface area contributed by atoms with Gasteiger partial charge in [0.2, 0.25) is 0 Å².